The van der Waals surface area contributed by atoms with E-state index < -0.39 is 0 Å². The number of piperidine rings is 1. The summed E-state index contributed by atoms with van der Waals surface area (Å²) in [5, 5.41) is 3.55. The second kappa shape index (κ2) is 3.50. The molecule has 1 aliphatic rings. The van der Waals surface area contributed by atoms with Gasteiger partial charge in [-0.05, 0) is 46.6 Å². The Hall–Kier alpha value is -0.630. The molecule has 1 saturated heterocycles. The van der Waals surface area contributed by atoms with E-state index in [9.17, 15) is 4.79 Å². The van der Waals surface area contributed by atoms with E-state index in [0.29, 0.717) is 0 Å². The molecule has 14 heavy (non-hydrogen) atoms. The molecule has 1 rings (SSSR count). The van der Waals surface area contributed by atoms with E-state index in [-0.39, 0.29) is 22.8 Å². The van der Waals surface area contributed by atoms with E-state index in [0.717, 1.165) is 12.8 Å². The predicted molar refractivity (Wildman–Crippen MR) is 59.2 cm³/mol. The molecule has 0 aromatic carbocycles. The Bertz CT molecular complexity index is 237. The lowest BCUT2D eigenvalue weighted by Crippen LogP contribution is -2.58. The van der Waals surface area contributed by atoms with Gasteiger partial charge in [0.25, 0.3) is 0 Å². The van der Waals surface area contributed by atoms with Gasteiger partial charge in [-0.2, -0.15) is 0 Å². The minimum Gasteiger partial charge on any atom is -0.307 e. The maximum Gasteiger partial charge on any atom is 0.158 e. The molecule has 0 aromatic rings. The summed E-state index contributed by atoms with van der Waals surface area (Å²) in [5.74, 6) is 0.325. The van der Waals surface area contributed by atoms with Gasteiger partial charge in [-0.25, -0.2) is 0 Å². The summed E-state index contributed by atoms with van der Waals surface area (Å²) in [5.41, 5.74) is 0.0934. The number of ketones is 1. The van der Waals surface area contributed by atoms with Gasteiger partial charge < -0.3 is 5.32 Å². The minimum atomic E-state index is 0.0467. The summed E-state index contributed by atoms with van der Waals surface area (Å²) in [6.07, 6.45) is 3.27. The van der Waals surface area contributed by atoms with Crippen LogP contribution >= 0.6 is 0 Å². The second-order valence-electron chi connectivity index (χ2n) is 5.60. The number of carbonyl (C=O) groups excluding carboxylic acids is 1. The SMILES string of the molecule is C=CC(=O)C1CC(C)(C)NC(C)(C)C1. The van der Waals surface area contributed by atoms with E-state index in [1.165, 1.54) is 6.08 Å². The molecule has 0 aromatic heterocycles. The van der Waals surface area contributed by atoms with Crippen LogP contribution < -0.4 is 5.32 Å². The van der Waals surface area contributed by atoms with Crippen LogP contribution in [0, 0.1) is 5.92 Å². The van der Waals surface area contributed by atoms with Crippen molar-refractivity contribution in [2.45, 2.75) is 51.6 Å². The number of rotatable bonds is 2. The van der Waals surface area contributed by atoms with Gasteiger partial charge in [0, 0.05) is 17.0 Å². The predicted octanol–water partition coefficient (Wildman–Crippen LogP) is 2.30. The van der Waals surface area contributed by atoms with E-state index in [4.69, 9.17) is 0 Å². The first-order valence-electron chi connectivity index (χ1n) is 5.21. The third kappa shape index (κ3) is 2.68. The fraction of sp³-hybridized carbons (Fsp3) is 0.750. The molecule has 0 unspecified atom stereocenters. The molecule has 0 atom stereocenters. The molecule has 2 heteroatoms. The Balaban J connectivity index is 2.81. The Morgan fingerprint density at radius 2 is 1.71 bits per heavy atom. The zero-order chi connectivity index (χ0) is 11.0. The van der Waals surface area contributed by atoms with Crippen molar-refractivity contribution in [1.29, 1.82) is 0 Å². The van der Waals surface area contributed by atoms with Gasteiger partial charge in [-0.1, -0.05) is 6.58 Å². The first-order chi connectivity index (χ1) is 6.26. The number of allylic oxidation sites excluding steroid dienone is 1. The van der Waals surface area contributed by atoms with E-state index in [2.05, 4.69) is 39.6 Å². The van der Waals surface area contributed by atoms with Crippen molar-refractivity contribution in [3.05, 3.63) is 12.7 Å². The lowest BCUT2D eigenvalue weighted by Gasteiger charge is -2.45. The second-order valence-corrected chi connectivity index (χ2v) is 5.60. The summed E-state index contributed by atoms with van der Waals surface area (Å²) >= 11 is 0. The zero-order valence-corrected chi connectivity index (χ0v) is 9.68. The Morgan fingerprint density at radius 3 is 2.07 bits per heavy atom. The summed E-state index contributed by atoms with van der Waals surface area (Å²) in [6.45, 7) is 12.2. The van der Waals surface area contributed by atoms with Crippen molar-refractivity contribution in [2.24, 2.45) is 5.92 Å². The van der Waals surface area contributed by atoms with Crippen LogP contribution in [0.25, 0.3) is 0 Å². The van der Waals surface area contributed by atoms with Crippen molar-refractivity contribution in [2.75, 3.05) is 0 Å². The molecule has 0 aliphatic carbocycles. The topological polar surface area (TPSA) is 29.1 Å². The van der Waals surface area contributed by atoms with Gasteiger partial charge in [-0.15, -0.1) is 0 Å². The molecule has 1 heterocycles. The van der Waals surface area contributed by atoms with Crippen molar-refractivity contribution in [1.82, 2.24) is 5.32 Å². The zero-order valence-electron chi connectivity index (χ0n) is 9.68. The molecule has 0 saturated carbocycles. The number of carbonyl (C=O) groups is 1. The third-order valence-corrected chi connectivity index (χ3v) is 2.79. The lowest BCUT2D eigenvalue weighted by atomic mass is 9.74. The summed E-state index contributed by atoms with van der Waals surface area (Å²) in [4.78, 5) is 11.6. The number of hydrogen-bond acceptors (Lipinski definition) is 2. The summed E-state index contributed by atoms with van der Waals surface area (Å²) < 4.78 is 0. The fourth-order valence-electron chi connectivity index (χ4n) is 2.69. The third-order valence-electron chi connectivity index (χ3n) is 2.79. The smallest absolute Gasteiger partial charge is 0.158 e. The number of nitrogens with one attached hydrogen (secondary N) is 1. The molecule has 80 valence electrons. The highest BCUT2D eigenvalue weighted by Crippen LogP contribution is 2.33. The van der Waals surface area contributed by atoms with E-state index in [1.54, 1.807) is 0 Å². The highest BCUT2D eigenvalue weighted by Gasteiger charge is 2.39. The van der Waals surface area contributed by atoms with Crippen molar-refractivity contribution < 1.29 is 4.79 Å². The van der Waals surface area contributed by atoms with Crippen LogP contribution in [0.4, 0.5) is 0 Å². The first kappa shape index (κ1) is 11.4. The van der Waals surface area contributed by atoms with E-state index in [1.807, 2.05) is 0 Å². The molecule has 0 radical (unpaired) electrons. The lowest BCUT2D eigenvalue weighted by molar-refractivity contribution is -0.120. The molecule has 0 bridgehead atoms. The largest absolute Gasteiger partial charge is 0.307 e. The molecule has 2 nitrogen and oxygen atoms in total. The number of hydrogen-bond donors (Lipinski definition) is 1. The summed E-state index contributed by atoms with van der Waals surface area (Å²) in [7, 11) is 0. The Morgan fingerprint density at radius 1 is 1.29 bits per heavy atom. The van der Waals surface area contributed by atoms with Gasteiger partial charge in [-0.3, -0.25) is 4.79 Å². The molecule has 1 N–H and O–H groups in total. The molecule has 1 aliphatic heterocycles. The normalized spacial score (nSPS) is 25.7. The van der Waals surface area contributed by atoms with Gasteiger partial charge in [0.2, 0.25) is 0 Å². The van der Waals surface area contributed by atoms with Crippen LogP contribution in [0.15, 0.2) is 12.7 Å². The van der Waals surface area contributed by atoms with E-state index >= 15 is 0 Å². The highest BCUT2D eigenvalue weighted by atomic mass is 16.1. The van der Waals surface area contributed by atoms with Crippen LogP contribution in [0.3, 0.4) is 0 Å². The average molecular weight is 195 g/mol. The van der Waals surface area contributed by atoms with Crippen LogP contribution in [0.2, 0.25) is 0 Å². The minimum absolute atomic E-state index is 0.0467. The van der Waals surface area contributed by atoms with Gasteiger partial charge >= 0.3 is 0 Å². The van der Waals surface area contributed by atoms with Crippen molar-refractivity contribution in [3.63, 3.8) is 0 Å². The molecule has 0 amide bonds. The molecule has 1 fully saturated rings. The summed E-state index contributed by atoms with van der Waals surface area (Å²) in [6, 6.07) is 0. The molecule has 0 spiro atoms. The Kier molecular flexibility index (Phi) is 2.86. The van der Waals surface area contributed by atoms with Gasteiger partial charge in [0.15, 0.2) is 5.78 Å². The molecular weight excluding hydrogens is 174 g/mol. The van der Waals surface area contributed by atoms with Crippen LogP contribution in [-0.4, -0.2) is 16.9 Å². The fourth-order valence-corrected chi connectivity index (χ4v) is 2.69. The van der Waals surface area contributed by atoms with Gasteiger partial charge in [0.05, 0.1) is 0 Å². The highest BCUT2D eigenvalue weighted by molar-refractivity contribution is 5.91. The molecular formula is C12H21NO. The van der Waals surface area contributed by atoms with Crippen molar-refractivity contribution >= 4 is 5.78 Å². The van der Waals surface area contributed by atoms with Crippen LogP contribution in [0.1, 0.15) is 40.5 Å². The van der Waals surface area contributed by atoms with Crippen molar-refractivity contribution in [3.8, 4) is 0 Å². The maximum absolute atomic E-state index is 11.6. The standard InChI is InChI=1S/C12H21NO/c1-6-10(14)9-7-11(2,3)13-12(4,5)8-9/h6,9,13H,1,7-8H2,2-5H3. The Labute approximate surface area is 86.8 Å². The van der Waals surface area contributed by atoms with Crippen LogP contribution in [0.5, 0.6) is 0 Å². The maximum atomic E-state index is 11.6. The average Bonchev–Trinajstić information content (AvgIpc) is 1.97. The quantitative estimate of drug-likeness (QED) is 0.685. The van der Waals surface area contributed by atoms with Crippen LogP contribution in [-0.2, 0) is 4.79 Å². The van der Waals surface area contributed by atoms with Gasteiger partial charge in [0.1, 0.15) is 0 Å². The monoisotopic (exact) mass is 195 g/mol. The first-order valence-corrected chi connectivity index (χ1v) is 5.21.